The Morgan fingerprint density at radius 1 is 1.36 bits per heavy atom. The van der Waals surface area contributed by atoms with Gasteiger partial charge in [0, 0.05) is 0 Å². The Morgan fingerprint density at radius 3 is 2.21 bits per heavy atom. The first kappa shape index (κ1) is 11.3. The lowest BCUT2D eigenvalue weighted by molar-refractivity contribution is -0.184. The Morgan fingerprint density at radius 2 is 1.86 bits per heavy atom. The van der Waals surface area contributed by atoms with Crippen LogP contribution in [0, 0.1) is 5.92 Å². The first-order valence-corrected chi connectivity index (χ1v) is 4.47. The molecule has 0 aromatic carbocycles. The number of primary amides is 1. The zero-order valence-electron chi connectivity index (χ0n) is 7.68. The molecule has 0 aliphatic carbocycles. The van der Waals surface area contributed by atoms with Crippen molar-refractivity contribution in [2.75, 3.05) is 19.6 Å². The molecule has 1 rings (SSSR count). The molecule has 0 spiro atoms. The van der Waals surface area contributed by atoms with E-state index in [9.17, 15) is 18.0 Å². The van der Waals surface area contributed by atoms with Gasteiger partial charge in [0.1, 0.15) is 0 Å². The molecule has 0 aromatic rings. The molecule has 0 unspecified atom stereocenters. The van der Waals surface area contributed by atoms with Gasteiger partial charge >= 0.3 is 6.18 Å². The molecule has 0 radical (unpaired) electrons. The fourth-order valence-electron chi connectivity index (χ4n) is 1.64. The number of hydrogen-bond donors (Lipinski definition) is 1. The molecule has 1 amide bonds. The molecule has 0 saturated carbocycles. The average Bonchev–Trinajstić information content (AvgIpc) is 2.02. The summed E-state index contributed by atoms with van der Waals surface area (Å²) in [4.78, 5) is 12.2. The molecule has 0 atom stereocenters. The van der Waals surface area contributed by atoms with Gasteiger partial charge in [-0.05, 0) is 25.9 Å². The van der Waals surface area contributed by atoms with Crippen LogP contribution in [-0.2, 0) is 4.79 Å². The van der Waals surface area contributed by atoms with Crippen molar-refractivity contribution >= 4 is 5.91 Å². The Balaban J connectivity index is 2.35. The van der Waals surface area contributed by atoms with Crippen LogP contribution in [0.4, 0.5) is 13.2 Å². The molecule has 1 saturated heterocycles. The van der Waals surface area contributed by atoms with Crippen LogP contribution in [0.1, 0.15) is 12.8 Å². The molecular formula is C8H13F3N2O. The number of nitrogens with two attached hydrogens (primary N) is 1. The summed E-state index contributed by atoms with van der Waals surface area (Å²) in [6.45, 7) is 0.658. The molecule has 1 aliphatic rings. The lowest BCUT2D eigenvalue weighted by Gasteiger charge is -2.31. The number of rotatable bonds is 2. The Labute approximate surface area is 80.0 Å². The summed E-state index contributed by atoms with van der Waals surface area (Å²) in [5.74, 6) is -1.71. The highest BCUT2D eigenvalue weighted by atomic mass is 19.4. The van der Waals surface area contributed by atoms with Gasteiger partial charge in [0.15, 0.2) is 0 Å². The molecule has 1 fully saturated rings. The van der Waals surface area contributed by atoms with Gasteiger partial charge in [0.2, 0.25) is 5.91 Å². The normalized spacial score (nSPS) is 21.1. The number of hydrogen-bond acceptors (Lipinski definition) is 2. The summed E-state index contributed by atoms with van der Waals surface area (Å²) < 4.78 is 36.7. The van der Waals surface area contributed by atoms with Crippen molar-refractivity contribution in [3.63, 3.8) is 0 Å². The van der Waals surface area contributed by atoms with E-state index in [2.05, 4.69) is 0 Å². The molecule has 0 aromatic heterocycles. The van der Waals surface area contributed by atoms with Crippen LogP contribution in [0.2, 0.25) is 0 Å². The van der Waals surface area contributed by atoms with E-state index >= 15 is 0 Å². The number of carbonyl (C=O) groups excluding carboxylic acids is 1. The Kier molecular flexibility index (Phi) is 3.36. The van der Waals surface area contributed by atoms with Gasteiger partial charge in [-0.2, -0.15) is 13.2 Å². The number of amides is 1. The number of halogens is 3. The number of nitrogens with zero attached hydrogens (tertiary/aromatic N) is 1. The van der Waals surface area contributed by atoms with Crippen LogP contribution in [0.3, 0.4) is 0 Å². The Bertz CT molecular complexity index is 209. The van der Waals surface area contributed by atoms with E-state index in [1.807, 2.05) is 0 Å². The summed E-state index contributed by atoms with van der Waals surface area (Å²) in [5.41, 5.74) is 4.94. The van der Waals surface area contributed by atoms with Gasteiger partial charge in [-0.15, -0.1) is 0 Å². The number of likely N-dealkylation sites (tertiary alicyclic amines) is 1. The zero-order valence-corrected chi connectivity index (χ0v) is 7.68. The molecule has 1 heterocycles. The zero-order chi connectivity index (χ0) is 10.8. The molecule has 0 bridgehead atoms. The van der Waals surface area contributed by atoms with E-state index in [-0.39, 0.29) is 19.4 Å². The summed E-state index contributed by atoms with van der Waals surface area (Å²) in [6.07, 6.45) is -3.97. The second kappa shape index (κ2) is 4.16. The maximum atomic E-state index is 12.2. The lowest BCUT2D eigenvalue weighted by atomic mass is 9.96. The molecule has 1 aliphatic heterocycles. The minimum Gasteiger partial charge on any atom is -0.369 e. The van der Waals surface area contributed by atoms with Crippen molar-refractivity contribution < 1.29 is 18.0 Å². The predicted octanol–water partition coefficient (Wildman–Crippen LogP) is 0.746. The summed E-state index contributed by atoms with van der Waals surface area (Å²) >= 11 is 0. The highest BCUT2D eigenvalue weighted by Crippen LogP contribution is 2.33. The first-order chi connectivity index (χ1) is 6.39. The van der Waals surface area contributed by atoms with Gasteiger partial charge in [0.25, 0.3) is 0 Å². The third kappa shape index (κ3) is 3.17. The fourth-order valence-corrected chi connectivity index (χ4v) is 1.64. The molecule has 3 nitrogen and oxygen atoms in total. The largest absolute Gasteiger partial charge is 0.391 e. The molecular weight excluding hydrogens is 197 g/mol. The van der Waals surface area contributed by atoms with Crippen LogP contribution in [-0.4, -0.2) is 36.6 Å². The summed E-state index contributed by atoms with van der Waals surface area (Å²) in [5, 5.41) is 0. The van der Waals surface area contributed by atoms with Crippen LogP contribution in [0.25, 0.3) is 0 Å². The molecule has 82 valence electrons. The van der Waals surface area contributed by atoms with E-state index in [4.69, 9.17) is 5.73 Å². The SMILES string of the molecule is NC(=O)CN1CCC(C(F)(F)F)CC1. The van der Waals surface area contributed by atoms with Crippen molar-refractivity contribution in [1.82, 2.24) is 4.90 Å². The van der Waals surface area contributed by atoms with E-state index in [1.165, 1.54) is 0 Å². The van der Waals surface area contributed by atoms with E-state index in [0.29, 0.717) is 13.1 Å². The molecule has 2 N–H and O–H groups in total. The Hall–Kier alpha value is -0.780. The molecule has 14 heavy (non-hydrogen) atoms. The number of carbonyl (C=O) groups is 1. The van der Waals surface area contributed by atoms with Crippen molar-refractivity contribution in [3.8, 4) is 0 Å². The van der Waals surface area contributed by atoms with Crippen molar-refractivity contribution in [1.29, 1.82) is 0 Å². The third-order valence-corrected chi connectivity index (χ3v) is 2.43. The quantitative estimate of drug-likeness (QED) is 0.730. The third-order valence-electron chi connectivity index (χ3n) is 2.43. The van der Waals surface area contributed by atoms with Crippen molar-refractivity contribution in [2.45, 2.75) is 19.0 Å². The number of alkyl halides is 3. The average molecular weight is 210 g/mol. The monoisotopic (exact) mass is 210 g/mol. The highest BCUT2D eigenvalue weighted by molar-refractivity contribution is 5.75. The predicted molar refractivity (Wildman–Crippen MR) is 44.4 cm³/mol. The van der Waals surface area contributed by atoms with Gasteiger partial charge in [-0.25, -0.2) is 0 Å². The van der Waals surface area contributed by atoms with Crippen LogP contribution >= 0.6 is 0 Å². The smallest absolute Gasteiger partial charge is 0.369 e. The lowest BCUT2D eigenvalue weighted by Crippen LogP contribution is -2.42. The maximum absolute atomic E-state index is 12.2. The van der Waals surface area contributed by atoms with Gasteiger partial charge in [0.05, 0.1) is 12.5 Å². The van der Waals surface area contributed by atoms with Gasteiger partial charge < -0.3 is 5.73 Å². The van der Waals surface area contributed by atoms with Crippen LogP contribution < -0.4 is 5.73 Å². The van der Waals surface area contributed by atoms with Crippen LogP contribution in [0.5, 0.6) is 0 Å². The topological polar surface area (TPSA) is 46.3 Å². The number of piperidine rings is 1. The minimum atomic E-state index is -4.10. The van der Waals surface area contributed by atoms with E-state index in [1.54, 1.807) is 4.90 Å². The van der Waals surface area contributed by atoms with E-state index in [0.717, 1.165) is 0 Å². The second-order valence-corrected chi connectivity index (χ2v) is 3.56. The van der Waals surface area contributed by atoms with Crippen LogP contribution in [0.15, 0.2) is 0 Å². The van der Waals surface area contributed by atoms with Crippen molar-refractivity contribution in [3.05, 3.63) is 0 Å². The summed E-state index contributed by atoms with van der Waals surface area (Å²) in [6, 6.07) is 0. The first-order valence-electron chi connectivity index (χ1n) is 4.47. The second-order valence-electron chi connectivity index (χ2n) is 3.56. The van der Waals surface area contributed by atoms with Gasteiger partial charge in [-0.3, -0.25) is 9.69 Å². The maximum Gasteiger partial charge on any atom is 0.391 e. The van der Waals surface area contributed by atoms with Crippen molar-refractivity contribution in [2.24, 2.45) is 11.7 Å². The van der Waals surface area contributed by atoms with Gasteiger partial charge in [-0.1, -0.05) is 0 Å². The fraction of sp³-hybridized carbons (Fsp3) is 0.875. The van der Waals surface area contributed by atoms with E-state index < -0.39 is 18.0 Å². The highest BCUT2D eigenvalue weighted by Gasteiger charge is 2.41. The minimum absolute atomic E-state index is 0.0601. The summed E-state index contributed by atoms with van der Waals surface area (Å²) in [7, 11) is 0. The standard InChI is InChI=1S/C8H13F3N2O/c9-8(10,11)6-1-3-13(4-2-6)5-7(12)14/h6H,1-5H2,(H2,12,14). The molecule has 6 heteroatoms.